The summed E-state index contributed by atoms with van der Waals surface area (Å²) < 4.78 is 48.0. The van der Waals surface area contributed by atoms with Crippen LogP contribution >= 0.6 is 0 Å². The van der Waals surface area contributed by atoms with Crippen LogP contribution in [0.15, 0.2) is 48.5 Å². The normalized spacial score (nSPS) is 19.2. The molecule has 2 aromatic carbocycles. The lowest BCUT2D eigenvalue weighted by atomic mass is 10.1. The van der Waals surface area contributed by atoms with E-state index in [4.69, 9.17) is 9.47 Å². The average Bonchev–Trinajstić information content (AvgIpc) is 3.07. The quantitative estimate of drug-likeness (QED) is 0.667. The van der Waals surface area contributed by atoms with E-state index in [1.165, 1.54) is 12.1 Å². The van der Waals surface area contributed by atoms with Gasteiger partial charge in [-0.15, -0.1) is 0 Å². The second kappa shape index (κ2) is 9.56. The fourth-order valence-electron chi connectivity index (χ4n) is 3.48. The molecule has 29 heavy (non-hydrogen) atoms. The lowest BCUT2D eigenvalue weighted by molar-refractivity contribution is 0.0517. The Balaban J connectivity index is 1.66. The molecule has 8 heteroatoms. The number of hydrogen-bond acceptors (Lipinski definition) is 6. The molecule has 0 spiro atoms. The van der Waals surface area contributed by atoms with Crippen molar-refractivity contribution in [3.8, 4) is 11.5 Å². The summed E-state index contributed by atoms with van der Waals surface area (Å²) in [7, 11) is -1.53. The van der Waals surface area contributed by atoms with E-state index in [0.717, 1.165) is 5.56 Å². The topological polar surface area (TPSA) is 76.1 Å². The highest BCUT2D eigenvalue weighted by Gasteiger charge is 2.33. The molecular formula is C21H26FNO5S. The van der Waals surface area contributed by atoms with Gasteiger partial charge in [-0.3, -0.25) is 4.90 Å². The Labute approximate surface area is 170 Å². The fraction of sp³-hybridized carbons (Fsp3) is 0.429. The highest BCUT2D eigenvalue weighted by atomic mass is 32.2. The number of rotatable bonds is 9. The van der Waals surface area contributed by atoms with Gasteiger partial charge in [0.05, 0.1) is 18.6 Å². The summed E-state index contributed by atoms with van der Waals surface area (Å²) in [6, 6.07) is 13.1. The Morgan fingerprint density at radius 1 is 1.17 bits per heavy atom. The zero-order valence-corrected chi connectivity index (χ0v) is 17.1. The summed E-state index contributed by atoms with van der Waals surface area (Å²) in [5, 5.41) is 10.5. The monoisotopic (exact) mass is 423 g/mol. The van der Waals surface area contributed by atoms with Crippen molar-refractivity contribution in [2.45, 2.75) is 25.1 Å². The molecule has 1 fully saturated rings. The molecule has 2 atom stereocenters. The first-order valence-corrected chi connectivity index (χ1v) is 11.3. The van der Waals surface area contributed by atoms with Gasteiger partial charge in [0.15, 0.2) is 21.3 Å². The van der Waals surface area contributed by atoms with Crippen LogP contribution in [0, 0.1) is 5.82 Å². The van der Waals surface area contributed by atoms with E-state index in [0.29, 0.717) is 24.5 Å². The molecular weight excluding hydrogens is 397 g/mol. The molecule has 158 valence electrons. The van der Waals surface area contributed by atoms with Gasteiger partial charge in [-0.05, 0) is 36.2 Å². The number of aliphatic hydroxyl groups excluding tert-OH is 1. The van der Waals surface area contributed by atoms with Gasteiger partial charge in [-0.2, -0.15) is 0 Å². The van der Waals surface area contributed by atoms with E-state index in [1.807, 2.05) is 17.0 Å². The van der Waals surface area contributed by atoms with E-state index in [2.05, 4.69) is 0 Å². The molecule has 2 unspecified atom stereocenters. The number of halogens is 1. The first-order chi connectivity index (χ1) is 13.9. The van der Waals surface area contributed by atoms with Crippen molar-refractivity contribution in [3.63, 3.8) is 0 Å². The minimum Gasteiger partial charge on any atom is -0.493 e. The van der Waals surface area contributed by atoms with Crippen LogP contribution in [0.4, 0.5) is 4.39 Å². The molecule has 1 heterocycles. The fourth-order valence-corrected chi connectivity index (χ4v) is 5.24. The molecule has 1 aliphatic rings. The Morgan fingerprint density at radius 3 is 2.48 bits per heavy atom. The minimum absolute atomic E-state index is 0.0414. The van der Waals surface area contributed by atoms with Crippen molar-refractivity contribution in [3.05, 3.63) is 59.9 Å². The molecule has 0 amide bonds. The third kappa shape index (κ3) is 6.16. The van der Waals surface area contributed by atoms with Gasteiger partial charge >= 0.3 is 0 Å². The predicted molar refractivity (Wildman–Crippen MR) is 108 cm³/mol. The van der Waals surface area contributed by atoms with Crippen LogP contribution in [0.3, 0.4) is 0 Å². The second-order valence-electron chi connectivity index (χ2n) is 7.23. The SMILES string of the molecule is COc1ccccc1OCC(O)CN(Cc1ccc(F)cc1)C1CCS(=O)(=O)C1. The molecule has 3 rings (SSSR count). The predicted octanol–water partition coefficient (Wildman–Crippen LogP) is 2.26. The molecule has 1 N–H and O–H groups in total. The van der Waals surface area contributed by atoms with Gasteiger partial charge < -0.3 is 14.6 Å². The molecule has 0 radical (unpaired) electrons. The van der Waals surface area contributed by atoms with Crippen LogP contribution in [-0.2, 0) is 16.4 Å². The highest BCUT2D eigenvalue weighted by Crippen LogP contribution is 2.26. The first-order valence-electron chi connectivity index (χ1n) is 9.49. The lowest BCUT2D eigenvalue weighted by Gasteiger charge is -2.30. The summed E-state index contributed by atoms with van der Waals surface area (Å²) in [6.45, 7) is 0.707. The summed E-state index contributed by atoms with van der Waals surface area (Å²) in [6.07, 6.45) is -0.312. The van der Waals surface area contributed by atoms with Crippen LogP contribution in [-0.4, -0.2) is 62.3 Å². The Morgan fingerprint density at radius 2 is 1.86 bits per heavy atom. The molecule has 2 aromatic rings. The Bertz CT molecular complexity index is 904. The van der Waals surface area contributed by atoms with Gasteiger partial charge in [-0.25, -0.2) is 12.8 Å². The molecule has 1 aliphatic heterocycles. The van der Waals surface area contributed by atoms with Crippen molar-refractivity contribution in [2.24, 2.45) is 0 Å². The van der Waals surface area contributed by atoms with Crippen molar-refractivity contribution in [1.29, 1.82) is 0 Å². The van der Waals surface area contributed by atoms with E-state index in [1.54, 1.807) is 31.4 Å². The third-order valence-corrected chi connectivity index (χ3v) is 6.72. The zero-order valence-electron chi connectivity index (χ0n) is 16.3. The third-order valence-electron chi connectivity index (χ3n) is 4.97. The zero-order chi connectivity index (χ0) is 20.9. The highest BCUT2D eigenvalue weighted by molar-refractivity contribution is 7.91. The summed E-state index contributed by atoms with van der Waals surface area (Å²) in [5.41, 5.74) is 0.855. The van der Waals surface area contributed by atoms with Crippen LogP contribution in [0.25, 0.3) is 0 Å². The van der Waals surface area contributed by atoms with Crippen LogP contribution in [0.2, 0.25) is 0 Å². The molecule has 0 aliphatic carbocycles. The van der Waals surface area contributed by atoms with E-state index in [9.17, 15) is 17.9 Å². The molecule has 0 aromatic heterocycles. The first kappa shape index (κ1) is 21.5. The molecule has 1 saturated heterocycles. The Hall–Kier alpha value is -2.16. The average molecular weight is 424 g/mol. The summed E-state index contributed by atoms with van der Waals surface area (Å²) in [5.74, 6) is 0.987. The van der Waals surface area contributed by atoms with Crippen molar-refractivity contribution < 1.29 is 27.4 Å². The van der Waals surface area contributed by atoms with Crippen molar-refractivity contribution in [1.82, 2.24) is 4.90 Å². The van der Waals surface area contributed by atoms with Gasteiger partial charge in [0, 0.05) is 19.1 Å². The van der Waals surface area contributed by atoms with Crippen LogP contribution in [0.1, 0.15) is 12.0 Å². The maximum absolute atomic E-state index is 13.2. The number of para-hydroxylation sites is 2. The molecule has 6 nitrogen and oxygen atoms in total. The minimum atomic E-state index is -3.07. The Kier molecular flexibility index (Phi) is 7.10. The van der Waals surface area contributed by atoms with E-state index in [-0.39, 0.29) is 36.5 Å². The largest absolute Gasteiger partial charge is 0.493 e. The van der Waals surface area contributed by atoms with Gasteiger partial charge in [0.2, 0.25) is 0 Å². The van der Waals surface area contributed by atoms with Gasteiger partial charge in [-0.1, -0.05) is 24.3 Å². The lowest BCUT2D eigenvalue weighted by Crippen LogP contribution is -2.42. The summed E-state index contributed by atoms with van der Waals surface area (Å²) >= 11 is 0. The number of aliphatic hydroxyl groups is 1. The number of sulfone groups is 1. The maximum atomic E-state index is 13.2. The van der Waals surface area contributed by atoms with E-state index < -0.39 is 15.9 Å². The van der Waals surface area contributed by atoms with E-state index >= 15 is 0 Å². The smallest absolute Gasteiger partial charge is 0.161 e. The molecule has 0 bridgehead atoms. The number of methoxy groups -OCH3 is 1. The van der Waals surface area contributed by atoms with Crippen molar-refractivity contribution >= 4 is 9.84 Å². The second-order valence-corrected chi connectivity index (χ2v) is 9.46. The van der Waals surface area contributed by atoms with Crippen LogP contribution < -0.4 is 9.47 Å². The van der Waals surface area contributed by atoms with Gasteiger partial charge in [0.1, 0.15) is 18.5 Å². The number of ether oxygens (including phenoxy) is 2. The molecule has 0 saturated carbocycles. The number of hydrogen-bond donors (Lipinski definition) is 1. The van der Waals surface area contributed by atoms with Crippen molar-refractivity contribution in [2.75, 3.05) is 31.8 Å². The maximum Gasteiger partial charge on any atom is 0.161 e. The summed E-state index contributed by atoms with van der Waals surface area (Å²) in [4.78, 5) is 1.94. The number of benzene rings is 2. The number of nitrogens with zero attached hydrogens (tertiary/aromatic N) is 1. The van der Waals surface area contributed by atoms with Gasteiger partial charge in [0.25, 0.3) is 0 Å². The standard InChI is InChI=1S/C21H26FNO5S/c1-27-20-4-2-3-5-21(20)28-14-19(24)13-23(18-10-11-29(25,26)15-18)12-16-6-8-17(22)9-7-16/h2-9,18-19,24H,10-15H2,1H3. The van der Waals surface area contributed by atoms with Crippen LogP contribution in [0.5, 0.6) is 11.5 Å².